The van der Waals surface area contributed by atoms with E-state index in [0.29, 0.717) is 0 Å². The number of nitrogens with zero attached hydrogens (tertiary/aromatic N) is 1. The first kappa shape index (κ1) is 16.0. The van der Waals surface area contributed by atoms with Gasteiger partial charge in [0.25, 0.3) is 0 Å². The first-order chi connectivity index (χ1) is 10.0. The van der Waals surface area contributed by atoms with Crippen molar-refractivity contribution in [2.75, 3.05) is 27.2 Å². The highest BCUT2D eigenvalue weighted by molar-refractivity contribution is 5.85. The van der Waals surface area contributed by atoms with E-state index in [1.165, 1.54) is 30.2 Å². The minimum absolute atomic E-state index is 0.380. The van der Waals surface area contributed by atoms with Gasteiger partial charge in [0.15, 0.2) is 0 Å². The molecule has 0 saturated carbocycles. The van der Waals surface area contributed by atoms with Gasteiger partial charge in [-0.25, -0.2) is 0 Å². The summed E-state index contributed by atoms with van der Waals surface area (Å²) >= 11 is 0. The predicted octanol–water partition coefficient (Wildman–Crippen LogP) is 4.14. The molecule has 1 atom stereocenters. The van der Waals surface area contributed by atoms with Gasteiger partial charge in [0.05, 0.1) is 33.3 Å². The average molecular weight is 286 g/mol. The fourth-order valence-electron chi connectivity index (χ4n) is 2.87. The molecule has 114 valence electrons. The van der Waals surface area contributed by atoms with Gasteiger partial charge in [-0.05, 0) is 22.8 Å². The molecule has 0 aliphatic rings. The van der Waals surface area contributed by atoms with Gasteiger partial charge >= 0.3 is 0 Å². The number of aliphatic hydroxyl groups is 1. The van der Waals surface area contributed by atoms with Gasteiger partial charge in [0, 0.05) is 6.42 Å². The number of benzene rings is 2. The zero-order chi connectivity index (χ0) is 15.3. The van der Waals surface area contributed by atoms with Crippen molar-refractivity contribution in [3.8, 4) is 0 Å². The molecule has 1 unspecified atom stereocenters. The van der Waals surface area contributed by atoms with Crippen molar-refractivity contribution in [1.29, 1.82) is 0 Å². The van der Waals surface area contributed by atoms with Crippen molar-refractivity contribution in [3.05, 3.63) is 48.0 Å². The van der Waals surface area contributed by atoms with E-state index in [9.17, 15) is 5.11 Å². The molecule has 2 heteroatoms. The third-order valence-corrected chi connectivity index (χ3v) is 4.31. The second kappa shape index (κ2) is 7.06. The maximum atomic E-state index is 10.6. The van der Waals surface area contributed by atoms with Crippen LogP contribution in [0.5, 0.6) is 0 Å². The standard InChI is InChI=1S/C19H28NO/c1-4-5-14-20(2,3)15-13-19(21)18-12-8-10-16-9-6-7-11-17(16)18/h6-12,19,21H,4-5,13-15H2,1-3H3/q+1. The van der Waals surface area contributed by atoms with Gasteiger partial charge < -0.3 is 9.59 Å². The van der Waals surface area contributed by atoms with Crippen LogP contribution in [0.25, 0.3) is 10.8 Å². The minimum atomic E-state index is -0.380. The van der Waals surface area contributed by atoms with Crippen LogP contribution in [0.3, 0.4) is 0 Å². The first-order valence-electron chi connectivity index (χ1n) is 8.01. The molecule has 2 aromatic rings. The second-order valence-corrected chi connectivity index (χ2v) is 6.61. The van der Waals surface area contributed by atoms with Gasteiger partial charge in [-0.3, -0.25) is 0 Å². The molecule has 2 aromatic carbocycles. The molecule has 2 rings (SSSR count). The van der Waals surface area contributed by atoms with Crippen LogP contribution in [0.15, 0.2) is 42.5 Å². The molecule has 0 heterocycles. The van der Waals surface area contributed by atoms with E-state index in [1.807, 2.05) is 18.2 Å². The number of aliphatic hydroxyl groups excluding tert-OH is 1. The Morgan fingerprint density at radius 1 is 1.00 bits per heavy atom. The lowest BCUT2D eigenvalue weighted by atomic mass is 9.98. The highest BCUT2D eigenvalue weighted by Gasteiger charge is 2.18. The number of unbranched alkanes of at least 4 members (excludes halogenated alkanes) is 1. The molecule has 0 saturated heterocycles. The SMILES string of the molecule is CCCC[N+](C)(C)CCC(O)c1cccc2ccccc12. The monoisotopic (exact) mass is 286 g/mol. The Morgan fingerprint density at radius 2 is 1.71 bits per heavy atom. The number of fused-ring (bicyclic) bond motifs is 1. The molecule has 0 amide bonds. The van der Waals surface area contributed by atoms with Crippen LogP contribution in [0, 0.1) is 0 Å². The van der Waals surface area contributed by atoms with E-state index in [0.717, 1.165) is 23.0 Å². The van der Waals surface area contributed by atoms with Crippen molar-refractivity contribution in [3.63, 3.8) is 0 Å². The first-order valence-corrected chi connectivity index (χ1v) is 8.01. The predicted molar refractivity (Wildman–Crippen MR) is 90.3 cm³/mol. The zero-order valence-corrected chi connectivity index (χ0v) is 13.5. The van der Waals surface area contributed by atoms with E-state index in [1.54, 1.807) is 0 Å². The number of quaternary nitrogens is 1. The molecule has 1 N–H and O–H groups in total. The molecule has 0 spiro atoms. The largest absolute Gasteiger partial charge is 0.388 e. The molecule has 0 fully saturated rings. The summed E-state index contributed by atoms with van der Waals surface area (Å²) in [5.74, 6) is 0. The number of rotatable bonds is 7. The minimum Gasteiger partial charge on any atom is -0.388 e. The van der Waals surface area contributed by atoms with Gasteiger partial charge in [0.1, 0.15) is 0 Å². The summed E-state index contributed by atoms with van der Waals surface area (Å²) in [6, 6.07) is 14.5. The molecule has 0 aliphatic carbocycles. The smallest absolute Gasteiger partial charge is 0.0849 e. The molecule has 0 bridgehead atoms. The summed E-state index contributed by atoms with van der Waals surface area (Å²) in [6.07, 6.45) is 2.91. The summed E-state index contributed by atoms with van der Waals surface area (Å²) in [5, 5.41) is 13.0. The normalized spacial score (nSPS) is 13.5. The van der Waals surface area contributed by atoms with Gasteiger partial charge in [-0.15, -0.1) is 0 Å². The van der Waals surface area contributed by atoms with Crippen molar-refractivity contribution < 1.29 is 9.59 Å². The third-order valence-electron chi connectivity index (χ3n) is 4.31. The molecule has 0 radical (unpaired) electrons. The van der Waals surface area contributed by atoms with Crippen molar-refractivity contribution in [2.45, 2.75) is 32.3 Å². The summed E-state index contributed by atoms with van der Waals surface area (Å²) in [6.45, 7) is 4.41. The Labute approximate surface area is 128 Å². The van der Waals surface area contributed by atoms with Crippen LogP contribution in [0.1, 0.15) is 37.9 Å². The van der Waals surface area contributed by atoms with E-state index in [4.69, 9.17) is 0 Å². The highest BCUT2D eigenvalue weighted by Crippen LogP contribution is 2.26. The van der Waals surface area contributed by atoms with Gasteiger partial charge in [-0.1, -0.05) is 55.8 Å². The van der Waals surface area contributed by atoms with Crippen LogP contribution in [-0.2, 0) is 0 Å². The Bertz CT molecular complexity index is 571. The number of hydrogen-bond donors (Lipinski definition) is 1. The lowest BCUT2D eigenvalue weighted by Crippen LogP contribution is -2.41. The summed E-state index contributed by atoms with van der Waals surface area (Å²) in [5.41, 5.74) is 1.06. The Balaban J connectivity index is 2.07. The summed E-state index contributed by atoms with van der Waals surface area (Å²) < 4.78 is 0.982. The molecule has 21 heavy (non-hydrogen) atoms. The second-order valence-electron chi connectivity index (χ2n) is 6.61. The summed E-state index contributed by atoms with van der Waals surface area (Å²) in [7, 11) is 4.51. The van der Waals surface area contributed by atoms with Crippen LogP contribution in [0.4, 0.5) is 0 Å². The Morgan fingerprint density at radius 3 is 2.48 bits per heavy atom. The van der Waals surface area contributed by atoms with Crippen LogP contribution >= 0.6 is 0 Å². The van der Waals surface area contributed by atoms with Crippen molar-refractivity contribution in [2.24, 2.45) is 0 Å². The highest BCUT2D eigenvalue weighted by atomic mass is 16.3. The molecule has 2 nitrogen and oxygen atoms in total. The quantitative estimate of drug-likeness (QED) is 0.758. The third kappa shape index (κ3) is 4.29. The Hall–Kier alpha value is -1.38. The average Bonchev–Trinajstić information content (AvgIpc) is 2.50. The number of hydrogen-bond acceptors (Lipinski definition) is 1. The van der Waals surface area contributed by atoms with E-state index < -0.39 is 0 Å². The molecule has 0 aliphatic heterocycles. The molecular weight excluding hydrogens is 258 g/mol. The Kier molecular flexibility index (Phi) is 5.38. The zero-order valence-electron chi connectivity index (χ0n) is 13.5. The fraction of sp³-hybridized carbons (Fsp3) is 0.474. The fourth-order valence-corrected chi connectivity index (χ4v) is 2.87. The maximum Gasteiger partial charge on any atom is 0.0849 e. The van der Waals surface area contributed by atoms with Crippen molar-refractivity contribution >= 4 is 10.8 Å². The molecule has 0 aromatic heterocycles. The van der Waals surface area contributed by atoms with Crippen molar-refractivity contribution in [1.82, 2.24) is 0 Å². The van der Waals surface area contributed by atoms with Crippen LogP contribution in [0.2, 0.25) is 0 Å². The summed E-state index contributed by atoms with van der Waals surface area (Å²) in [4.78, 5) is 0. The molecular formula is C19H28NO+. The topological polar surface area (TPSA) is 20.2 Å². The van der Waals surface area contributed by atoms with E-state index in [-0.39, 0.29) is 6.10 Å². The lowest BCUT2D eigenvalue weighted by Gasteiger charge is -2.30. The maximum absolute atomic E-state index is 10.6. The van der Waals surface area contributed by atoms with Gasteiger partial charge in [0.2, 0.25) is 0 Å². The van der Waals surface area contributed by atoms with Gasteiger partial charge in [-0.2, -0.15) is 0 Å². The van der Waals surface area contributed by atoms with Crippen LogP contribution in [-0.4, -0.2) is 36.8 Å². The van der Waals surface area contributed by atoms with E-state index >= 15 is 0 Å². The van der Waals surface area contributed by atoms with E-state index in [2.05, 4.69) is 45.3 Å². The lowest BCUT2D eigenvalue weighted by molar-refractivity contribution is -0.891. The van der Waals surface area contributed by atoms with Crippen LogP contribution < -0.4 is 0 Å².